The van der Waals surface area contributed by atoms with E-state index in [0.717, 1.165) is 62.1 Å². The molecule has 8 heteroatoms. The highest BCUT2D eigenvalue weighted by molar-refractivity contribution is 5.93. The first-order valence-corrected chi connectivity index (χ1v) is 17.9. The fourth-order valence-electron chi connectivity index (χ4n) is 7.78. The van der Waals surface area contributed by atoms with E-state index in [4.69, 9.17) is 9.47 Å². The Hall–Kier alpha value is -4.98. The molecule has 0 fully saturated rings. The molecule has 0 radical (unpaired) electrons. The van der Waals surface area contributed by atoms with Crippen LogP contribution in [0.2, 0.25) is 0 Å². The van der Waals surface area contributed by atoms with Gasteiger partial charge in [-0.3, -0.25) is 9.59 Å². The highest BCUT2D eigenvalue weighted by Crippen LogP contribution is 2.47. The van der Waals surface area contributed by atoms with Crippen LogP contribution in [0.1, 0.15) is 102 Å². The van der Waals surface area contributed by atoms with Gasteiger partial charge in [-0.1, -0.05) is 66.2 Å². The Balaban J connectivity index is 0.000000175. The smallest absolute Gasteiger partial charge is 0.339 e. The minimum Gasteiger partial charge on any atom is -0.462 e. The Morgan fingerprint density at radius 1 is 0.760 bits per heavy atom. The summed E-state index contributed by atoms with van der Waals surface area (Å²) in [5.41, 5.74) is 6.60. The zero-order valence-electron chi connectivity index (χ0n) is 29.1. The molecule has 2 atom stereocenters. The van der Waals surface area contributed by atoms with Crippen LogP contribution < -0.4 is 0 Å². The number of esters is 2. The molecule has 0 spiro atoms. The van der Waals surface area contributed by atoms with Gasteiger partial charge in [0.05, 0.1) is 30.3 Å². The van der Waals surface area contributed by atoms with Crippen molar-refractivity contribution in [3.63, 3.8) is 0 Å². The van der Waals surface area contributed by atoms with Gasteiger partial charge in [-0.15, -0.1) is 0 Å². The molecule has 8 nitrogen and oxygen atoms in total. The zero-order valence-corrected chi connectivity index (χ0v) is 29.1. The molecule has 1 aliphatic carbocycles. The Kier molecular flexibility index (Phi) is 11.0. The lowest BCUT2D eigenvalue weighted by Gasteiger charge is -2.38. The van der Waals surface area contributed by atoms with E-state index in [9.17, 15) is 19.2 Å². The lowest BCUT2D eigenvalue weighted by atomic mass is 9.65. The molecule has 3 aliphatic rings. The molecule has 4 heterocycles. The van der Waals surface area contributed by atoms with Gasteiger partial charge in [0.15, 0.2) is 5.78 Å². The molecule has 2 aromatic carbocycles. The number of Topliss-reactive ketones (excluding diaryl/α,β-unsaturated/α-hetero) is 1. The van der Waals surface area contributed by atoms with Crippen molar-refractivity contribution in [2.75, 3.05) is 13.2 Å². The fourth-order valence-corrected chi connectivity index (χ4v) is 7.78. The first kappa shape index (κ1) is 34.9. The molecule has 7 rings (SSSR count). The number of rotatable bonds is 8. The summed E-state index contributed by atoms with van der Waals surface area (Å²) in [7, 11) is 0. The summed E-state index contributed by atoms with van der Waals surface area (Å²) in [4.78, 5) is 49.0. The average molecular weight is 675 g/mol. The van der Waals surface area contributed by atoms with Crippen molar-refractivity contribution in [2.24, 2.45) is 0 Å². The van der Waals surface area contributed by atoms with Crippen LogP contribution in [0.15, 0.2) is 96.8 Å². The van der Waals surface area contributed by atoms with Gasteiger partial charge in [-0.05, 0) is 81.7 Å². The summed E-state index contributed by atoms with van der Waals surface area (Å²) in [5, 5.41) is 0. The topological polar surface area (TPSA) is 96.6 Å². The van der Waals surface area contributed by atoms with E-state index in [1.165, 1.54) is 11.1 Å². The number of hydrogen-bond donors (Lipinski definition) is 0. The van der Waals surface area contributed by atoms with Crippen LogP contribution in [0.3, 0.4) is 0 Å². The zero-order chi connectivity index (χ0) is 35.1. The second-order valence-electron chi connectivity index (χ2n) is 13.4. The maximum absolute atomic E-state index is 12.6. The molecule has 0 saturated heterocycles. The SMILES string of the molecule is CCOC(=O)c1cc2n(c1)CCCC(=O)C2Cc1ccccc1.CCOC(=O)c1cc2n(c1)CCCC1=CC(=O)CCC12Cc1ccccc1. The first-order valence-electron chi connectivity index (χ1n) is 17.9. The van der Waals surface area contributed by atoms with Crippen molar-refractivity contribution >= 4 is 23.5 Å². The predicted molar refractivity (Wildman–Crippen MR) is 191 cm³/mol. The number of ketones is 2. The average Bonchev–Trinajstić information content (AvgIpc) is 3.68. The second-order valence-corrected chi connectivity index (χ2v) is 13.4. The minimum absolute atomic E-state index is 0.192. The van der Waals surface area contributed by atoms with E-state index in [-0.39, 0.29) is 34.8 Å². The van der Waals surface area contributed by atoms with Crippen LogP contribution in [-0.2, 0) is 50.4 Å². The molecule has 0 N–H and O–H groups in total. The molecule has 0 bridgehead atoms. The molecule has 2 aliphatic heterocycles. The number of allylic oxidation sites excluding steroid dienone is 2. The van der Waals surface area contributed by atoms with Crippen LogP contribution in [-0.4, -0.2) is 45.9 Å². The van der Waals surface area contributed by atoms with Gasteiger partial charge in [-0.25, -0.2) is 9.59 Å². The molecule has 0 saturated carbocycles. The van der Waals surface area contributed by atoms with Crippen LogP contribution in [0.25, 0.3) is 0 Å². The van der Waals surface area contributed by atoms with Gasteiger partial charge >= 0.3 is 11.9 Å². The molecule has 50 heavy (non-hydrogen) atoms. The summed E-state index contributed by atoms with van der Waals surface area (Å²) in [6.07, 6.45) is 11.8. The van der Waals surface area contributed by atoms with Gasteiger partial charge < -0.3 is 18.6 Å². The Morgan fingerprint density at radius 3 is 2.04 bits per heavy atom. The van der Waals surface area contributed by atoms with Gasteiger partial charge in [0.25, 0.3) is 0 Å². The van der Waals surface area contributed by atoms with Crippen LogP contribution in [0, 0.1) is 0 Å². The largest absolute Gasteiger partial charge is 0.462 e. The van der Waals surface area contributed by atoms with Crippen molar-refractivity contribution < 1.29 is 28.7 Å². The highest BCUT2D eigenvalue weighted by atomic mass is 16.5. The lowest BCUT2D eigenvalue weighted by molar-refractivity contribution is -0.120. The summed E-state index contributed by atoms with van der Waals surface area (Å²) in [6.45, 7) is 5.96. The van der Waals surface area contributed by atoms with Crippen molar-refractivity contribution in [1.82, 2.24) is 9.13 Å². The standard InChI is InChI=1S/C23H25NO3.C19H21NO3/c1-2-27-22(26)18-13-21-23(15-17-7-4-3-5-8-17)11-10-20(25)14-19(23)9-6-12-24(21)16-18;1-2-23-19(22)15-12-17-16(11-14-7-4-3-5-8-14)18(21)9-6-10-20(17)13-15/h3-5,7-8,13-14,16H,2,6,9-12,15H2,1H3;3-5,7-8,12-13,16H,2,6,9-11H2,1H3. The van der Waals surface area contributed by atoms with Crippen LogP contribution in [0.4, 0.5) is 0 Å². The molecular formula is C42H46N2O6. The van der Waals surface area contributed by atoms with Gasteiger partial charge in [0.2, 0.25) is 0 Å². The molecule has 260 valence electrons. The third-order valence-corrected chi connectivity index (χ3v) is 10.1. The predicted octanol–water partition coefficient (Wildman–Crippen LogP) is 7.58. The number of aromatic nitrogens is 2. The molecule has 0 amide bonds. The fraction of sp³-hybridized carbons (Fsp3) is 0.381. The first-order chi connectivity index (χ1) is 24.3. The second kappa shape index (κ2) is 15.7. The van der Waals surface area contributed by atoms with Crippen molar-refractivity contribution in [3.05, 3.63) is 130 Å². The molecule has 2 aromatic heterocycles. The normalized spacial score (nSPS) is 19.7. The Labute approximate surface area is 294 Å². The van der Waals surface area contributed by atoms with E-state index in [0.29, 0.717) is 43.6 Å². The Bertz CT molecular complexity index is 1870. The third-order valence-electron chi connectivity index (χ3n) is 10.1. The van der Waals surface area contributed by atoms with Gasteiger partial charge in [0.1, 0.15) is 5.78 Å². The number of carbonyl (C=O) groups is 4. The number of nitrogens with zero attached hydrogens (tertiary/aromatic N) is 2. The summed E-state index contributed by atoms with van der Waals surface area (Å²) < 4.78 is 14.6. The van der Waals surface area contributed by atoms with Crippen molar-refractivity contribution in [1.29, 1.82) is 0 Å². The number of hydrogen-bond acceptors (Lipinski definition) is 6. The van der Waals surface area contributed by atoms with Crippen LogP contribution in [0.5, 0.6) is 0 Å². The highest BCUT2D eigenvalue weighted by Gasteiger charge is 2.43. The summed E-state index contributed by atoms with van der Waals surface area (Å²) in [5.74, 6) is -0.312. The third kappa shape index (κ3) is 7.59. The minimum atomic E-state index is -0.320. The molecular weight excluding hydrogens is 628 g/mol. The van der Waals surface area contributed by atoms with E-state index in [2.05, 4.69) is 28.8 Å². The quantitative estimate of drug-likeness (QED) is 0.179. The maximum atomic E-state index is 12.6. The number of aryl methyl sites for hydroxylation is 2. The summed E-state index contributed by atoms with van der Waals surface area (Å²) >= 11 is 0. The number of ether oxygens (including phenoxy) is 2. The van der Waals surface area contributed by atoms with Crippen molar-refractivity contribution in [3.8, 4) is 0 Å². The van der Waals surface area contributed by atoms with E-state index >= 15 is 0 Å². The number of carbonyl (C=O) groups excluding carboxylic acids is 4. The molecule has 2 unspecified atom stereocenters. The van der Waals surface area contributed by atoms with E-state index in [1.54, 1.807) is 6.92 Å². The number of fused-ring (bicyclic) bond motifs is 4. The van der Waals surface area contributed by atoms with Gasteiger partial charge in [-0.2, -0.15) is 0 Å². The van der Waals surface area contributed by atoms with E-state index < -0.39 is 0 Å². The van der Waals surface area contributed by atoms with Gasteiger partial charge in [0, 0.05) is 55.1 Å². The maximum Gasteiger partial charge on any atom is 0.339 e. The van der Waals surface area contributed by atoms with Crippen LogP contribution >= 0.6 is 0 Å². The lowest BCUT2D eigenvalue weighted by Crippen LogP contribution is -2.36. The molecule has 4 aromatic rings. The summed E-state index contributed by atoms with van der Waals surface area (Å²) in [6, 6.07) is 24.3. The monoisotopic (exact) mass is 674 g/mol. The Morgan fingerprint density at radius 2 is 1.36 bits per heavy atom. The van der Waals surface area contributed by atoms with Crippen molar-refractivity contribution in [2.45, 2.75) is 89.6 Å². The number of benzene rings is 2. The van der Waals surface area contributed by atoms with E-state index in [1.807, 2.05) is 78.5 Å².